The Morgan fingerprint density at radius 3 is 2.31 bits per heavy atom. The molecule has 1 aromatic heterocycles. The second-order valence-corrected chi connectivity index (χ2v) is 6.82. The number of carbonyl (C=O) groups excluding carboxylic acids is 2. The number of aryl methyl sites for hydroxylation is 1. The lowest BCUT2D eigenvalue weighted by atomic mass is 10.1. The fourth-order valence-electron chi connectivity index (χ4n) is 2.94. The second kappa shape index (κ2) is 9.46. The molecule has 32 heavy (non-hydrogen) atoms. The summed E-state index contributed by atoms with van der Waals surface area (Å²) >= 11 is 0. The zero-order valence-corrected chi connectivity index (χ0v) is 16.9. The van der Waals surface area contributed by atoms with Gasteiger partial charge in [-0.2, -0.15) is 18.3 Å². The number of benzene rings is 2. The van der Waals surface area contributed by atoms with E-state index in [4.69, 9.17) is 0 Å². The van der Waals surface area contributed by atoms with Crippen LogP contribution in [0.2, 0.25) is 0 Å². The summed E-state index contributed by atoms with van der Waals surface area (Å²) in [5, 5.41) is 4.79. The topological polar surface area (TPSA) is 93.1 Å². The molecule has 166 valence electrons. The number of aromatic nitrogens is 2. The van der Waals surface area contributed by atoms with Crippen molar-refractivity contribution < 1.29 is 22.8 Å². The molecule has 1 heterocycles. The van der Waals surface area contributed by atoms with Gasteiger partial charge >= 0.3 is 6.18 Å². The number of halogens is 3. The average Bonchev–Trinajstić information content (AvgIpc) is 2.77. The monoisotopic (exact) mass is 444 g/mol. The Morgan fingerprint density at radius 1 is 1.03 bits per heavy atom. The van der Waals surface area contributed by atoms with Crippen LogP contribution in [-0.2, 0) is 17.5 Å². The number of nitrogens with one attached hydrogen (secondary N) is 2. The summed E-state index contributed by atoms with van der Waals surface area (Å²) in [7, 11) is 0. The Hall–Kier alpha value is -3.95. The molecule has 0 aliphatic rings. The minimum absolute atomic E-state index is 0.0272. The van der Waals surface area contributed by atoms with Gasteiger partial charge in [-0.1, -0.05) is 37.3 Å². The van der Waals surface area contributed by atoms with Gasteiger partial charge in [0.15, 0.2) is 5.69 Å². The van der Waals surface area contributed by atoms with Crippen LogP contribution in [0, 0.1) is 0 Å². The molecule has 2 N–H and O–H groups in total. The maximum Gasteiger partial charge on any atom is 0.416 e. The molecule has 0 radical (unpaired) electrons. The van der Waals surface area contributed by atoms with Crippen LogP contribution in [0.3, 0.4) is 0 Å². The van der Waals surface area contributed by atoms with Crippen LogP contribution in [0.15, 0.2) is 59.4 Å². The van der Waals surface area contributed by atoms with Crippen LogP contribution in [0.5, 0.6) is 0 Å². The van der Waals surface area contributed by atoms with Crippen LogP contribution in [0.25, 0.3) is 16.8 Å². The molecule has 0 saturated heterocycles. The van der Waals surface area contributed by atoms with E-state index >= 15 is 0 Å². The third kappa shape index (κ3) is 5.20. The SMILES string of the molecule is CCCn1nc(C(=O)NNC(=O)/C=C/c2ccc(C(F)(F)F)cc2)c2ccccc2c1=O. The highest BCUT2D eigenvalue weighted by Gasteiger charge is 2.29. The van der Waals surface area contributed by atoms with Gasteiger partial charge in [0, 0.05) is 18.0 Å². The number of fused-ring (bicyclic) bond motifs is 1. The van der Waals surface area contributed by atoms with Crippen molar-refractivity contribution in [2.75, 3.05) is 0 Å². The number of hydrogen-bond donors (Lipinski definition) is 2. The number of nitrogens with zero attached hydrogens (tertiary/aromatic N) is 2. The third-order valence-corrected chi connectivity index (χ3v) is 4.48. The first-order chi connectivity index (χ1) is 15.2. The first-order valence-electron chi connectivity index (χ1n) is 9.66. The molecule has 0 unspecified atom stereocenters. The van der Waals surface area contributed by atoms with Crippen molar-refractivity contribution in [2.24, 2.45) is 0 Å². The minimum atomic E-state index is -4.44. The van der Waals surface area contributed by atoms with E-state index in [1.165, 1.54) is 22.9 Å². The van der Waals surface area contributed by atoms with Gasteiger partial charge in [-0.25, -0.2) is 4.68 Å². The molecule has 10 heteroatoms. The Labute approximate surface area is 180 Å². The number of amides is 2. The molecule has 0 aliphatic heterocycles. The molecule has 0 saturated carbocycles. The van der Waals surface area contributed by atoms with E-state index < -0.39 is 23.6 Å². The van der Waals surface area contributed by atoms with Gasteiger partial charge in [0.1, 0.15) is 0 Å². The Bertz CT molecular complexity index is 1230. The van der Waals surface area contributed by atoms with E-state index in [1.54, 1.807) is 24.3 Å². The largest absolute Gasteiger partial charge is 0.416 e. The molecule has 7 nitrogen and oxygen atoms in total. The lowest BCUT2D eigenvalue weighted by Crippen LogP contribution is -2.42. The number of carbonyl (C=O) groups is 2. The Morgan fingerprint density at radius 2 is 1.69 bits per heavy atom. The molecular formula is C22H19F3N4O3. The standard InChI is InChI=1S/C22H19F3N4O3/c1-2-13-29-21(32)17-6-4-3-5-16(17)19(28-29)20(31)27-26-18(30)12-9-14-7-10-15(11-8-14)22(23,24)25/h3-12H,2,13H2,1H3,(H,26,30)(H,27,31)/b12-9+. The van der Waals surface area contributed by atoms with Gasteiger partial charge in [-0.3, -0.25) is 25.2 Å². The van der Waals surface area contributed by atoms with Gasteiger partial charge in [0.05, 0.1) is 10.9 Å². The second-order valence-electron chi connectivity index (χ2n) is 6.82. The van der Waals surface area contributed by atoms with Gasteiger partial charge in [0.25, 0.3) is 17.4 Å². The summed E-state index contributed by atoms with van der Waals surface area (Å²) in [4.78, 5) is 37.1. The van der Waals surface area contributed by atoms with E-state index in [9.17, 15) is 27.6 Å². The zero-order chi connectivity index (χ0) is 23.3. The van der Waals surface area contributed by atoms with Gasteiger partial charge in [-0.05, 0) is 36.3 Å². The molecule has 0 fully saturated rings. The highest BCUT2D eigenvalue weighted by Crippen LogP contribution is 2.29. The Kier molecular flexibility index (Phi) is 6.72. The summed E-state index contributed by atoms with van der Waals surface area (Å²) in [6.07, 6.45) is -1.44. The maximum atomic E-state index is 12.6. The van der Waals surface area contributed by atoms with Crippen molar-refractivity contribution in [3.63, 3.8) is 0 Å². The van der Waals surface area contributed by atoms with E-state index in [1.807, 2.05) is 6.92 Å². The van der Waals surface area contributed by atoms with Crippen molar-refractivity contribution in [2.45, 2.75) is 26.1 Å². The summed E-state index contributed by atoms with van der Waals surface area (Å²) in [5.74, 6) is -1.42. The van der Waals surface area contributed by atoms with Crippen molar-refractivity contribution >= 4 is 28.7 Å². The highest BCUT2D eigenvalue weighted by molar-refractivity contribution is 6.05. The first-order valence-corrected chi connectivity index (χ1v) is 9.66. The lowest BCUT2D eigenvalue weighted by Gasteiger charge is -2.10. The molecule has 0 aliphatic carbocycles. The predicted octanol–water partition coefficient (Wildman–Crippen LogP) is 3.30. The molecule has 3 aromatic rings. The van der Waals surface area contributed by atoms with Crippen LogP contribution in [0.4, 0.5) is 13.2 Å². The number of rotatable bonds is 5. The van der Waals surface area contributed by atoms with Crippen LogP contribution < -0.4 is 16.4 Å². The highest BCUT2D eigenvalue weighted by atomic mass is 19.4. The lowest BCUT2D eigenvalue weighted by molar-refractivity contribution is -0.137. The quantitative estimate of drug-likeness (QED) is 0.467. The van der Waals surface area contributed by atoms with Crippen molar-refractivity contribution in [1.29, 1.82) is 0 Å². The van der Waals surface area contributed by atoms with Gasteiger partial charge in [0.2, 0.25) is 0 Å². The van der Waals surface area contributed by atoms with Crippen LogP contribution >= 0.6 is 0 Å². The zero-order valence-electron chi connectivity index (χ0n) is 16.9. The molecule has 2 amide bonds. The summed E-state index contributed by atoms with van der Waals surface area (Å²) in [6, 6.07) is 10.8. The minimum Gasteiger partial charge on any atom is -0.268 e. The third-order valence-electron chi connectivity index (χ3n) is 4.48. The molecular weight excluding hydrogens is 425 g/mol. The van der Waals surface area contributed by atoms with E-state index in [0.29, 0.717) is 29.3 Å². The van der Waals surface area contributed by atoms with Crippen LogP contribution in [-0.4, -0.2) is 21.6 Å². The Balaban J connectivity index is 1.71. The number of hydrogen-bond acceptors (Lipinski definition) is 4. The normalized spacial score (nSPS) is 11.6. The van der Waals surface area contributed by atoms with Crippen molar-refractivity contribution in [3.05, 3.63) is 81.8 Å². The fourth-order valence-corrected chi connectivity index (χ4v) is 2.94. The van der Waals surface area contributed by atoms with E-state index in [0.717, 1.165) is 18.2 Å². The average molecular weight is 444 g/mol. The fraction of sp³-hybridized carbons (Fsp3) is 0.182. The number of hydrazine groups is 1. The molecule has 2 aromatic carbocycles. The van der Waals surface area contributed by atoms with Crippen LogP contribution in [0.1, 0.15) is 35.0 Å². The molecule has 0 bridgehead atoms. The summed E-state index contributed by atoms with van der Waals surface area (Å²) in [6.45, 7) is 2.19. The smallest absolute Gasteiger partial charge is 0.268 e. The summed E-state index contributed by atoms with van der Waals surface area (Å²) < 4.78 is 39.0. The molecule has 0 atom stereocenters. The van der Waals surface area contributed by atoms with Crippen molar-refractivity contribution in [1.82, 2.24) is 20.6 Å². The van der Waals surface area contributed by atoms with Crippen molar-refractivity contribution in [3.8, 4) is 0 Å². The van der Waals surface area contributed by atoms with Gasteiger partial charge in [-0.15, -0.1) is 0 Å². The number of alkyl halides is 3. The molecule has 3 rings (SSSR count). The first kappa shape index (κ1) is 22.7. The van der Waals surface area contributed by atoms with Gasteiger partial charge < -0.3 is 0 Å². The van der Waals surface area contributed by atoms with E-state index in [-0.39, 0.29) is 11.3 Å². The molecule has 0 spiro atoms. The summed E-state index contributed by atoms with van der Waals surface area (Å²) in [5.41, 5.74) is 3.65. The predicted molar refractivity (Wildman–Crippen MR) is 112 cm³/mol. The van der Waals surface area contributed by atoms with E-state index in [2.05, 4.69) is 16.0 Å². The maximum absolute atomic E-state index is 12.6.